The topological polar surface area (TPSA) is 58.6 Å². The molecule has 0 unspecified atom stereocenters. The average molecular weight is 389 g/mol. The summed E-state index contributed by atoms with van der Waals surface area (Å²) in [5, 5.41) is 3.54. The number of ether oxygens (including phenoxy) is 1. The fraction of sp³-hybridized carbons (Fsp3) is 0.429. The van der Waals surface area contributed by atoms with Crippen molar-refractivity contribution in [2.75, 3.05) is 39.0 Å². The maximum Gasteiger partial charge on any atom is 0.211 e. The maximum absolute atomic E-state index is 11.3. The van der Waals surface area contributed by atoms with Gasteiger partial charge in [0.15, 0.2) is 0 Å². The number of rotatable bonds is 10. The molecule has 1 N–H and O–H groups in total. The Balaban J connectivity index is 1.39. The van der Waals surface area contributed by atoms with Crippen LogP contribution in [0.15, 0.2) is 60.7 Å². The Bertz CT molecular complexity index is 751. The molecular formula is C21H28N2O3S. The van der Waals surface area contributed by atoms with Crippen molar-refractivity contribution in [3.8, 4) is 0 Å². The predicted molar refractivity (Wildman–Crippen MR) is 108 cm³/mol. The summed E-state index contributed by atoms with van der Waals surface area (Å²) in [6, 6.07) is 21.1. The summed E-state index contributed by atoms with van der Waals surface area (Å²) in [6.07, 6.45) is 2.19. The molecular weight excluding hydrogens is 360 g/mol. The van der Waals surface area contributed by atoms with E-state index >= 15 is 0 Å². The number of nitrogens with zero attached hydrogens (tertiary/aromatic N) is 1. The molecule has 27 heavy (non-hydrogen) atoms. The zero-order valence-corrected chi connectivity index (χ0v) is 16.6. The normalized spacial score (nSPS) is 15.8. The van der Waals surface area contributed by atoms with Crippen molar-refractivity contribution >= 4 is 10.0 Å². The second-order valence-corrected chi connectivity index (χ2v) is 8.99. The molecule has 0 aromatic heterocycles. The minimum Gasteiger partial charge on any atom is -0.375 e. The number of benzene rings is 2. The van der Waals surface area contributed by atoms with Gasteiger partial charge in [-0.25, -0.2) is 8.42 Å². The summed E-state index contributed by atoms with van der Waals surface area (Å²) in [6.45, 7) is 3.36. The summed E-state index contributed by atoms with van der Waals surface area (Å²) >= 11 is 0. The maximum atomic E-state index is 11.3. The molecule has 1 fully saturated rings. The molecule has 1 aliphatic heterocycles. The highest BCUT2D eigenvalue weighted by Crippen LogP contribution is 2.23. The van der Waals surface area contributed by atoms with Gasteiger partial charge in [0, 0.05) is 32.2 Å². The Morgan fingerprint density at radius 1 is 1.04 bits per heavy atom. The van der Waals surface area contributed by atoms with Crippen molar-refractivity contribution in [2.45, 2.75) is 18.4 Å². The van der Waals surface area contributed by atoms with E-state index in [2.05, 4.69) is 53.8 Å². The van der Waals surface area contributed by atoms with Gasteiger partial charge in [-0.1, -0.05) is 60.7 Å². The van der Waals surface area contributed by atoms with E-state index in [9.17, 15) is 8.42 Å². The first kappa shape index (κ1) is 20.0. The van der Waals surface area contributed by atoms with E-state index in [1.54, 1.807) is 0 Å². The zero-order chi connectivity index (χ0) is 19.1. The van der Waals surface area contributed by atoms with Crippen LogP contribution in [0.1, 0.15) is 23.5 Å². The third-order valence-corrected chi connectivity index (χ3v) is 6.12. The van der Waals surface area contributed by atoms with Crippen LogP contribution >= 0.6 is 0 Å². The second kappa shape index (κ2) is 9.46. The van der Waals surface area contributed by atoms with E-state index < -0.39 is 10.0 Å². The summed E-state index contributed by atoms with van der Waals surface area (Å²) in [7, 11) is -3.06. The molecule has 0 amide bonds. The van der Waals surface area contributed by atoms with Crippen molar-refractivity contribution in [3.63, 3.8) is 0 Å². The Kier molecular flexibility index (Phi) is 7.01. The number of nitrogens with one attached hydrogen (secondary N) is 1. The van der Waals surface area contributed by atoms with Crippen LogP contribution in [0.3, 0.4) is 0 Å². The third-order valence-electron chi connectivity index (χ3n) is 4.89. The molecule has 1 heterocycles. The van der Waals surface area contributed by atoms with Gasteiger partial charge in [0.1, 0.15) is 0 Å². The summed E-state index contributed by atoms with van der Waals surface area (Å²) in [4.78, 5) is 0. The largest absolute Gasteiger partial charge is 0.375 e. The molecule has 2 aromatic carbocycles. The number of hydrogen-bond acceptors (Lipinski definition) is 4. The first-order valence-corrected chi connectivity index (χ1v) is 11.3. The van der Waals surface area contributed by atoms with Crippen molar-refractivity contribution < 1.29 is 13.2 Å². The van der Waals surface area contributed by atoms with E-state index in [1.165, 1.54) is 21.7 Å². The quantitative estimate of drug-likeness (QED) is 0.635. The molecule has 6 heteroatoms. The van der Waals surface area contributed by atoms with Crippen LogP contribution in [-0.4, -0.2) is 57.9 Å². The first-order chi connectivity index (χ1) is 13.0. The Morgan fingerprint density at radius 3 is 2.11 bits per heavy atom. The highest BCUT2D eigenvalue weighted by atomic mass is 32.2. The van der Waals surface area contributed by atoms with E-state index in [4.69, 9.17) is 4.74 Å². The Labute approximate surface area is 162 Å². The minimum absolute atomic E-state index is 0.0427. The van der Waals surface area contributed by atoms with Crippen LogP contribution in [-0.2, 0) is 14.8 Å². The Hall–Kier alpha value is -1.73. The summed E-state index contributed by atoms with van der Waals surface area (Å²) < 4.78 is 29.8. The van der Waals surface area contributed by atoms with Gasteiger partial charge in [-0.15, -0.1) is 0 Å². The average Bonchev–Trinajstić information content (AvgIpc) is 2.63. The minimum atomic E-state index is -3.06. The second-order valence-electron chi connectivity index (χ2n) is 7.00. The van der Waals surface area contributed by atoms with Gasteiger partial charge in [0.2, 0.25) is 10.0 Å². The third kappa shape index (κ3) is 5.87. The molecule has 146 valence electrons. The van der Waals surface area contributed by atoms with Crippen molar-refractivity contribution in [3.05, 3.63) is 71.8 Å². The summed E-state index contributed by atoms with van der Waals surface area (Å²) in [5.41, 5.74) is 2.62. The monoisotopic (exact) mass is 388 g/mol. The van der Waals surface area contributed by atoms with Gasteiger partial charge in [-0.2, -0.15) is 4.31 Å². The molecule has 3 rings (SSSR count). The van der Waals surface area contributed by atoms with E-state index in [0.717, 1.165) is 19.5 Å². The molecule has 0 atom stereocenters. The summed E-state index contributed by atoms with van der Waals surface area (Å²) in [5.74, 6) is 0.322. The van der Waals surface area contributed by atoms with Crippen LogP contribution in [0.25, 0.3) is 0 Å². The molecule has 0 aliphatic carbocycles. The molecule has 1 aliphatic rings. The van der Waals surface area contributed by atoms with Crippen molar-refractivity contribution in [2.24, 2.45) is 0 Å². The molecule has 1 saturated heterocycles. The number of sulfonamides is 1. The van der Waals surface area contributed by atoms with Crippen LogP contribution in [0.2, 0.25) is 0 Å². The van der Waals surface area contributed by atoms with Crippen LogP contribution in [0.4, 0.5) is 0 Å². The SMILES string of the molecule is CS(=O)(=O)N1CC(OCCCNCC(c2ccccc2)c2ccccc2)C1. The lowest BCUT2D eigenvalue weighted by Gasteiger charge is -2.36. The van der Waals surface area contributed by atoms with Crippen LogP contribution in [0, 0.1) is 0 Å². The van der Waals surface area contributed by atoms with Gasteiger partial charge in [0.25, 0.3) is 0 Å². The van der Waals surface area contributed by atoms with E-state index in [-0.39, 0.29) is 6.10 Å². The lowest BCUT2D eigenvalue weighted by molar-refractivity contribution is -0.0202. The molecule has 0 saturated carbocycles. The lowest BCUT2D eigenvalue weighted by atomic mass is 9.91. The zero-order valence-electron chi connectivity index (χ0n) is 15.8. The molecule has 2 aromatic rings. The standard InChI is InChI=1S/C21H28N2O3S/c1-27(24,25)23-16-20(17-23)26-14-8-13-22-15-21(18-9-4-2-5-10-18)19-11-6-3-7-12-19/h2-7,9-12,20-22H,8,13-17H2,1H3. The molecule has 5 nitrogen and oxygen atoms in total. The van der Waals surface area contributed by atoms with E-state index in [0.29, 0.717) is 25.6 Å². The lowest BCUT2D eigenvalue weighted by Crippen LogP contribution is -2.54. The molecule has 0 radical (unpaired) electrons. The molecule has 0 bridgehead atoms. The highest BCUT2D eigenvalue weighted by Gasteiger charge is 2.33. The smallest absolute Gasteiger partial charge is 0.211 e. The van der Waals surface area contributed by atoms with Gasteiger partial charge in [0.05, 0.1) is 12.4 Å². The highest BCUT2D eigenvalue weighted by molar-refractivity contribution is 7.88. The fourth-order valence-electron chi connectivity index (χ4n) is 3.27. The van der Waals surface area contributed by atoms with Gasteiger partial charge < -0.3 is 10.1 Å². The Morgan fingerprint density at radius 2 is 1.59 bits per heavy atom. The van der Waals surface area contributed by atoms with Gasteiger partial charge >= 0.3 is 0 Å². The van der Waals surface area contributed by atoms with Crippen LogP contribution in [0.5, 0.6) is 0 Å². The fourth-order valence-corrected chi connectivity index (χ4v) is 4.14. The van der Waals surface area contributed by atoms with Gasteiger partial charge in [-0.05, 0) is 24.1 Å². The predicted octanol–water partition coefficient (Wildman–Crippen LogP) is 2.46. The number of hydrogen-bond donors (Lipinski definition) is 1. The van der Waals surface area contributed by atoms with Crippen LogP contribution < -0.4 is 5.32 Å². The molecule has 0 spiro atoms. The van der Waals surface area contributed by atoms with Crippen molar-refractivity contribution in [1.82, 2.24) is 9.62 Å². The van der Waals surface area contributed by atoms with Crippen molar-refractivity contribution in [1.29, 1.82) is 0 Å². The first-order valence-electron chi connectivity index (χ1n) is 9.41. The van der Waals surface area contributed by atoms with Gasteiger partial charge in [-0.3, -0.25) is 0 Å². The van der Waals surface area contributed by atoms with E-state index in [1.807, 2.05) is 12.1 Å².